The number of nitrogens with zero attached hydrogens (tertiary/aromatic N) is 3. The van der Waals surface area contributed by atoms with E-state index in [2.05, 4.69) is 81.3 Å². The first-order valence-electron chi connectivity index (χ1n) is 12.1. The number of amides is 1. The van der Waals surface area contributed by atoms with Gasteiger partial charge in [0.05, 0.1) is 6.20 Å². The van der Waals surface area contributed by atoms with Crippen LogP contribution in [0.25, 0.3) is 22.0 Å². The highest BCUT2D eigenvalue weighted by atomic mass is 16.2. The summed E-state index contributed by atoms with van der Waals surface area (Å²) in [5, 5.41) is 8.21. The molecule has 0 aliphatic carbocycles. The summed E-state index contributed by atoms with van der Waals surface area (Å²) in [4.78, 5) is 15.5. The second-order valence-corrected chi connectivity index (χ2v) is 9.75. The van der Waals surface area contributed by atoms with Gasteiger partial charge in [-0.05, 0) is 73.4 Å². The Morgan fingerprint density at radius 2 is 2.03 bits per heavy atom. The second kappa shape index (κ2) is 8.22. The molecule has 2 aromatic carbocycles. The molecule has 3 atom stereocenters. The standard InChI is InChI=1S/C28H30N4O/c1-19-4-2-3-5-20(19)7-11-28(33)32-25-8-10-27(32)23(15-25)18-31-13-12-22-14-21(6-9-26(22)31)24-16-29-30-17-24/h2-6,9,12-14,16-17,23,25,27H,7-8,10-11,15,18H2,1H3,(H,29,30). The lowest BCUT2D eigenvalue weighted by Gasteiger charge is -2.25. The third kappa shape index (κ3) is 3.65. The Hall–Kier alpha value is -3.34. The summed E-state index contributed by atoms with van der Waals surface area (Å²) >= 11 is 0. The Bertz CT molecular complexity index is 1290. The summed E-state index contributed by atoms with van der Waals surface area (Å²) in [5.41, 5.74) is 6.13. The van der Waals surface area contributed by atoms with Crippen LogP contribution in [-0.4, -0.2) is 37.7 Å². The number of hydrogen-bond donors (Lipinski definition) is 1. The first-order chi connectivity index (χ1) is 16.2. The topological polar surface area (TPSA) is 53.9 Å². The zero-order valence-corrected chi connectivity index (χ0v) is 19.1. The van der Waals surface area contributed by atoms with Crippen LogP contribution in [0.3, 0.4) is 0 Å². The van der Waals surface area contributed by atoms with Gasteiger partial charge in [-0.15, -0.1) is 0 Å². The van der Waals surface area contributed by atoms with E-state index in [0.717, 1.165) is 37.8 Å². The highest BCUT2D eigenvalue weighted by Gasteiger charge is 2.48. The molecule has 2 aliphatic rings. The summed E-state index contributed by atoms with van der Waals surface area (Å²) in [6.45, 7) is 3.12. The molecule has 5 nitrogen and oxygen atoms in total. The molecule has 4 aromatic rings. The largest absolute Gasteiger partial charge is 0.347 e. The van der Waals surface area contributed by atoms with E-state index in [-0.39, 0.29) is 0 Å². The summed E-state index contributed by atoms with van der Waals surface area (Å²) < 4.78 is 2.38. The number of hydrogen-bond acceptors (Lipinski definition) is 2. The monoisotopic (exact) mass is 438 g/mol. The van der Waals surface area contributed by atoms with Gasteiger partial charge in [0.1, 0.15) is 0 Å². The van der Waals surface area contributed by atoms with Crippen LogP contribution < -0.4 is 0 Å². The van der Waals surface area contributed by atoms with Crippen LogP contribution in [0.15, 0.2) is 67.1 Å². The summed E-state index contributed by atoms with van der Waals surface area (Å²) in [6, 6.07) is 18.1. The van der Waals surface area contributed by atoms with Crippen LogP contribution in [0.2, 0.25) is 0 Å². The third-order valence-corrected chi connectivity index (χ3v) is 7.86. The summed E-state index contributed by atoms with van der Waals surface area (Å²) in [5.74, 6) is 0.880. The predicted molar refractivity (Wildman–Crippen MR) is 131 cm³/mol. The maximum Gasteiger partial charge on any atom is 0.223 e. The predicted octanol–water partition coefficient (Wildman–Crippen LogP) is 5.35. The molecule has 3 unspecified atom stereocenters. The van der Waals surface area contributed by atoms with Gasteiger partial charge in [-0.3, -0.25) is 9.89 Å². The Kier molecular flexibility index (Phi) is 5.05. The van der Waals surface area contributed by atoms with Gasteiger partial charge in [0.15, 0.2) is 0 Å². The number of aromatic amines is 1. The molecule has 168 valence electrons. The normalized spacial score (nSPS) is 21.8. The lowest BCUT2D eigenvalue weighted by atomic mass is 9.89. The summed E-state index contributed by atoms with van der Waals surface area (Å²) in [6.07, 6.45) is 10.9. The average molecular weight is 439 g/mol. The Labute approximate surface area is 194 Å². The minimum absolute atomic E-state index is 0.343. The number of benzene rings is 2. The molecule has 2 fully saturated rings. The number of H-pyrrole nitrogens is 1. The van der Waals surface area contributed by atoms with Crippen LogP contribution in [0, 0.1) is 12.8 Å². The number of aryl methyl sites for hydroxylation is 2. The lowest BCUT2D eigenvalue weighted by molar-refractivity contribution is -0.132. The van der Waals surface area contributed by atoms with Gasteiger partial charge < -0.3 is 9.47 Å². The van der Waals surface area contributed by atoms with Crippen LogP contribution in [0.5, 0.6) is 0 Å². The van der Waals surface area contributed by atoms with Gasteiger partial charge in [0.2, 0.25) is 5.91 Å². The molecule has 0 spiro atoms. The van der Waals surface area contributed by atoms with E-state index in [1.165, 1.54) is 27.6 Å². The van der Waals surface area contributed by atoms with Gasteiger partial charge in [-0.1, -0.05) is 30.3 Å². The molecule has 2 bridgehead atoms. The van der Waals surface area contributed by atoms with Gasteiger partial charge >= 0.3 is 0 Å². The first kappa shape index (κ1) is 20.3. The number of aromatic nitrogens is 3. The van der Waals surface area contributed by atoms with E-state index in [9.17, 15) is 4.79 Å². The zero-order chi connectivity index (χ0) is 22.4. The fraction of sp³-hybridized carbons (Fsp3) is 0.357. The lowest BCUT2D eigenvalue weighted by Crippen LogP contribution is -2.37. The van der Waals surface area contributed by atoms with Crippen molar-refractivity contribution in [1.82, 2.24) is 19.7 Å². The quantitative estimate of drug-likeness (QED) is 0.441. The number of fused-ring (bicyclic) bond motifs is 3. The van der Waals surface area contributed by atoms with Crippen LogP contribution in [-0.2, 0) is 17.8 Å². The van der Waals surface area contributed by atoms with Crippen molar-refractivity contribution >= 4 is 16.8 Å². The van der Waals surface area contributed by atoms with Crippen molar-refractivity contribution < 1.29 is 4.79 Å². The van der Waals surface area contributed by atoms with Gasteiger partial charge in [0.25, 0.3) is 0 Å². The Morgan fingerprint density at radius 3 is 2.88 bits per heavy atom. The van der Waals surface area contributed by atoms with Gasteiger partial charge in [0, 0.05) is 53.9 Å². The van der Waals surface area contributed by atoms with Crippen LogP contribution in [0.4, 0.5) is 0 Å². The smallest absolute Gasteiger partial charge is 0.223 e. The van der Waals surface area contributed by atoms with E-state index < -0.39 is 0 Å². The molecule has 2 saturated heterocycles. The number of nitrogens with one attached hydrogen (secondary N) is 1. The highest BCUT2D eigenvalue weighted by molar-refractivity contribution is 5.85. The maximum atomic E-state index is 13.2. The Balaban J connectivity index is 1.15. The number of carbonyl (C=O) groups is 1. The molecule has 0 radical (unpaired) electrons. The highest BCUT2D eigenvalue weighted by Crippen LogP contribution is 2.43. The van der Waals surface area contributed by atoms with E-state index >= 15 is 0 Å². The van der Waals surface area contributed by atoms with Crippen molar-refractivity contribution in [1.29, 1.82) is 0 Å². The van der Waals surface area contributed by atoms with E-state index in [1.807, 2.05) is 12.4 Å². The molecular formula is C28H30N4O. The molecule has 2 aromatic heterocycles. The fourth-order valence-corrected chi connectivity index (χ4v) is 6.16. The molecule has 6 rings (SSSR count). The minimum atomic E-state index is 0.343. The molecule has 1 amide bonds. The SMILES string of the molecule is Cc1ccccc1CCC(=O)N1C2CCC1C(Cn1ccc3cc(-c4cn[nH]c4)ccc31)C2. The van der Waals surface area contributed by atoms with Gasteiger partial charge in [-0.2, -0.15) is 5.10 Å². The molecule has 1 N–H and O–H groups in total. The van der Waals surface area contributed by atoms with Crippen LogP contribution in [0.1, 0.15) is 36.8 Å². The minimum Gasteiger partial charge on any atom is -0.347 e. The Morgan fingerprint density at radius 1 is 1.12 bits per heavy atom. The molecular weight excluding hydrogens is 408 g/mol. The van der Waals surface area contributed by atoms with Crippen molar-refractivity contribution in [2.45, 2.75) is 57.7 Å². The van der Waals surface area contributed by atoms with E-state index in [4.69, 9.17) is 0 Å². The van der Waals surface area contributed by atoms with E-state index in [0.29, 0.717) is 30.3 Å². The molecule has 2 aliphatic heterocycles. The first-order valence-corrected chi connectivity index (χ1v) is 12.1. The average Bonchev–Trinajstić information content (AvgIpc) is 3.62. The molecule has 4 heterocycles. The second-order valence-electron chi connectivity index (χ2n) is 9.75. The number of carbonyl (C=O) groups excluding carboxylic acids is 1. The maximum absolute atomic E-state index is 13.2. The van der Waals surface area contributed by atoms with Crippen molar-refractivity contribution in [3.63, 3.8) is 0 Å². The van der Waals surface area contributed by atoms with Crippen molar-refractivity contribution in [2.75, 3.05) is 0 Å². The third-order valence-electron chi connectivity index (χ3n) is 7.86. The number of rotatable bonds is 6. The molecule has 33 heavy (non-hydrogen) atoms. The van der Waals surface area contributed by atoms with Gasteiger partial charge in [-0.25, -0.2) is 0 Å². The van der Waals surface area contributed by atoms with Crippen molar-refractivity contribution in [3.05, 3.63) is 78.2 Å². The van der Waals surface area contributed by atoms with Crippen molar-refractivity contribution in [2.24, 2.45) is 5.92 Å². The molecule has 5 heteroatoms. The zero-order valence-electron chi connectivity index (χ0n) is 19.1. The van der Waals surface area contributed by atoms with Crippen LogP contribution >= 0.6 is 0 Å². The fourth-order valence-electron chi connectivity index (χ4n) is 6.16. The van der Waals surface area contributed by atoms with Crippen molar-refractivity contribution in [3.8, 4) is 11.1 Å². The summed E-state index contributed by atoms with van der Waals surface area (Å²) in [7, 11) is 0. The van der Waals surface area contributed by atoms with E-state index in [1.54, 1.807) is 0 Å². The molecule has 0 saturated carbocycles.